The van der Waals surface area contributed by atoms with Gasteiger partial charge in [-0.1, -0.05) is 17.7 Å². The molecule has 150 valence electrons. The van der Waals surface area contributed by atoms with Gasteiger partial charge >= 0.3 is 0 Å². The Kier molecular flexibility index (Phi) is 7.85. The molecule has 2 heterocycles. The normalized spacial score (nSPS) is 14.5. The molecule has 6 nitrogen and oxygen atoms in total. The highest BCUT2D eigenvalue weighted by Gasteiger charge is 2.16. The average Bonchev–Trinajstić information content (AvgIpc) is 2.74. The monoisotopic (exact) mass is 420 g/mol. The van der Waals surface area contributed by atoms with Crippen LogP contribution in [0.25, 0.3) is 0 Å². The highest BCUT2D eigenvalue weighted by atomic mass is 35.5. The highest BCUT2D eigenvalue weighted by molar-refractivity contribution is 7.80. The Morgan fingerprint density at radius 3 is 2.89 bits per heavy atom. The zero-order valence-electron chi connectivity index (χ0n) is 15.9. The predicted molar refractivity (Wildman–Crippen MR) is 116 cm³/mol. The van der Waals surface area contributed by atoms with E-state index in [4.69, 9.17) is 33.3 Å². The fourth-order valence-corrected chi connectivity index (χ4v) is 3.46. The molecule has 0 aliphatic carbocycles. The second-order valence-electron chi connectivity index (χ2n) is 6.52. The van der Waals surface area contributed by atoms with E-state index in [1.54, 1.807) is 19.4 Å². The third-order valence-corrected chi connectivity index (χ3v) is 5.25. The van der Waals surface area contributed by atoms with Crippen molar-refractivity contribution in [2.45, 2.75) is 6.54 Å². The molecule has 8 heteroatoms. The van der Waals surface area contributed by atoms with Crippen molar-refractivity contribution in [3.8, 4) is 5.75 Å². The molecule has 1 aromatic carbocycles. The fraction of sp³-hybridized carbons (Fsp3) is 0.400. The van der Waals surface area contributed by atoms with E-state index in [1.165, 1.54) is 0 Å². The second-order valence-corrected chi connectivity index (χ2v) is 7.31. The number of rotatable bonds is 7. The summed E-state index contributed by atoms with van der Waals surface area (Å²) in [6, 6.07) is 9.53. The highest BCUT2D eigenvalue weighted by Crippen LogP contribution is 2.27. The molecule has 0 spiro atoms. The number of nitrogens with zero attached hydrogens (tertiary/aromatic N) is 3. The van der Waals surface area contributed by atoms with E-state index in [0.29, 0.717) is 22.4 Å². The number of thiocarbonyl (C=S) groups is 1. The first-order chi connectivity index (χ1) is 13.7. The molecule has 0 amide bonds. The zero-order valence-corrected chi connectivity index (χ0v) is 17.5. The van der Waals surface area contributed by atoms with Crippen LogP contribution < -0.4 is 10.1 Å². The van der Waals surface area contributed by atoms with Crippen molar-refractivity contribution in [3.05, 3.63) is 53.3 Å². The summed E-state index contributed by atoms with van der Waals surface area (Å²) < 4.78 is 10.7. The van der Waals surface area contributed by atoms with Crippen LogP contribution in [0.1, 0.15) is 5.56 Å². The summed E-state index contributed by atoms with van der Waals surface area (Å²) in [6.45, 7) is 5.91. The first-order valence-electron chi connectivity index (χ1n) is 9.24. The van der Waals surface area contributed by atoms with Gasteiger partial charge in [0, 0.05) is 56.9 Å². The molecule has 1 N–H and O–H groups in total. The third kappa shape index (κ3) is 6.04. The summed E-state index contributed by atoms with van der Waals surface area (Å²) in [5, 5.41) is 4.53. The number of ether oxygens (including phenoxy) is 2. The molecule has 2 aromatic rings. The molecular formula is C20H25ClN4O2S. The lowest BCUT2D eigenvalue weighted by Crippen LogP contribution is -2.44. The molecule has 1 fully saturated rings. The lowest BCUT2D eigenvalue weighted by Gasteiger charge is -2.31. The summed E-state index contributed by atoms with van der Waals surface area (Å²) in [5.74, 6) is 0.613. The van der Waals surface area contributed by atoms with Gasteiger partial charge in [0.2, 0.25) is 0 Å². The minimum Gasteiger partial charge on any atom is -0.495 e. The van der Waals surface area contributed by atoms with Crippen LogP contribution >= 0.6 is 23.8 Å². The number of halogens is 1. The molecule has 0 saturated carbocycles. The van der Waals surface area contributed by atoms with Gasteiger partial charge in [0.1, 0.15) is 5.75 Å². The lowest BCUT2D eigenvalue weighted by molar-refractivity contribution is 0.0358. The van der Waals surface area contributed by atoms with Gasteiger partial charge < -0.3 is 19.7 Å². The van der Waals surface area contributed by atoms with Crippen molar-refractivity contribution in [1.29, 1.82) is 0 Å². The van der Waals surface area contributed by atoms with E-state index in [-0.39, 0.29) is 0 Å². The molecule has 1 aliphatic rings. The van der Waals surface area contributed by atoms with Crippen molar-refractivity contribution in [1.82, 2.24) is 14.8 Å². The molecule has 0 radical (unpaired) electrons. The lowest BCUT2D eigenvalue weighted by atomic mass is 10.2. The van der Waals surface area contributed by atoms with Crippen molar-refractivity contribution in [2.75, 3.05) is 51.8 Å². The Bertz CT molecular complexity index is 772. The van der Waals surface area contributed by atoms with E-state index in [9.17, 15) is 0 Å². The summed E-state index contributed by atoms with van der Waals surface area (Å²) in [4.78, 5) is 8.77. The van der Waals surface area contributed by atoms with Crippen molar-refractivity contribution in [3.63, 3.8) is 0 Å². The largest absolute Gasteiger partial charge is 0.495 e. The van der Waals surface area contributed by atoms with Gasteiger partial charge in [-0.05, 0) is 36.0 Å². The topological polar surface area (TPSA) is 49.9 Å². The van der Waals surface area contributed by atoms with E-state index < -0.39 is 0 Å². The molecule has 28 heavy (non-hydrogen) atoms. The first kappa shape index (κ1) is 20.8. The van der Waals surface area contributed by atoms with Gasteiger partial charge in [0.15, 0.2) is 5.11 Å². The van der Waals surface area contributed by atoms with Crippen LogP contribution in [0.15, 0.2) is 42.7 Å². The smallest absolute Gasteiger partial charge is 0.173 e. The number of aromatic nitrogens is 1. The minimum absolute atomic E-state index is 0.568. The Hall–Kier alpha value is -1.93. The van der Waals surface area contributed by atoms with Crippen LogP contribution in [0, 0.1) is 0 Å². The van der Waals surface area contributed by atoms with Crippen LogP contribution in [0.2, 0.25) is 5.02 Å². The van der Waals surface area contributed by atoms with Crippen molar-refractivity contribution >= 4 is 34.6 Å². The van der Waals surface area contributed by atoms with Crippen LogP contribution in [0.3, 0.4) is 0 Å². The Morgan fingerprint density at radius 2 is 2.18 bits per heavy atom. The van der Waals surface area contributed by atoms with Gasteiger partial charge in [-0.2, -0.15) is 0 Å². The van der Waals surface area contributed by atoms with E-state index in [2.05, 4.69) is 26.2 Å². The minimum atomic E-state index is 0.568. The number of anilines is 1. The molecule has 3 rings (SSSR count). The number of hydrogen-bond acceptors (Lipinski definition) is 5. The Balaban J connectivity index is 1.68. The third-order valence-electron chi connectivity index (χ3n) is 4.58. The predicted octanol–water partition coefficient (Wildman–Crippen LogP) is 3.27. The molecular weight excluding hydrogens is 396 g/mol. The summed E-state index contributed by atoms with van der Waals surface area (Å²) in [6.07, 6.45) is 3.65. The quantitative estimate of drug-likeness (QED) is 0.690. The van der Waals surface area contributed by atoms with E-state index >= 15 is 0 Å². The zero-order chi connectivity index (χ0) is 19.8. The average molecular weight is 421 g/mol. The second kappa shape index (κ2) is 10.6. The van der Waals surface area contributed by atoms with Crippen LogP contribution in [0.4, 0.5) is 5.69 Å². The standard InChI is InChI=1S/C20H25ClN4O2S/c1-26-19-13-17(4-5-18(19)21)23-20(28)25(15-16-3-2-6-22-14-16)8-7-24-9-11-27-12-10-24/h2-6,13-14H,7-12,15H2,1H3,(H,23,28). The van der Waals surface area contributed by atoms with E-state index in [1.807, 2.05) is 24.4 Å². The maximum atomic E-state index is 6.12. The molecule has 1 saturated heterocycles. The van der Waals surface area contributed by atoms with Crippen LogP contribution in [0.5, 0.6) is 5.75 Å². The number of methoxy groups -OCH3 is 1. The van der Waals surface area contributed by atoms with Gasteiger partial charge in [0.05, 0.1) is 25.3 Å². The van der Waals surface area contributed by atoms with Gasteiger partial charge in [-0.25, -0.2) is 0 Å². The van der Waals surface area contributed by atoms with Crippen molar-refractivity contribution in [2.24, 2.45) is 0 Å². The number of morpholine rings is 1. The number of nitrogens with one attached hydrogen (secondary N) is 1. The fourth-order valence-electron chi connectivity index (χ4n) is 2.99. The number of benzene rings is 1. The maximum absolute atomic E-state index is 6.12. The Morgan fingerprint density at radius 1 is 1.36 bits per heavy atom. The van der Waals surface area contributed by atoms with Crippen molar-refractivity contribution < 1.29 is 9.47 Å². The van der Waals surface area contributed by atoms with Gasteiger partial charge in [0.25, 0.3) is 0 Å². The van der Waals surface area contributed by atoms with Crippen LogP contribution in [-0.4, -0.2) is 66.4 Å². The van der Waals surface area contributed by atoms with E-state index in [0.717, 1.165) is 50.6 Å². The molecule has 0 bridgehead atoms. The Labute approximate surface area is 176 Å². The van der Waals surface area contributed by atoms with Gasteiger partial charge in [-0.3, -0.25) is 9.88 Å². The number of hydrogen-bond donors (Lipinski definition) is 1. The molecule has 0 atom stereocenters. The van der Waals surface area contributed by atoms with Gasteiger partial charge in [-0.15, -0.1) is 0 Å². The summed E-state index contributed by atoms with van der Waals surface area (Å²) in [7, 11) is 1.60. The maximum Gasteiger partial charge on any atom is 0.173 e. The molecule has 1 aromatic heterocycles. The first-order valence-corrected chi connectivity index (χ1v) is 10.0. The molecule has 1 aliphatic heterocycles. The number of pyridine rings is 1. The SMILES string of the molecule is COc1cc(NC(=S)N(CCN2CCOCC2)Cc2cccnc2)ccc1Cl. The summed E-state index contributed by atoms with van der Waals surface area (Å²) in [5.41, 5.74) is 1.95. The molecule has 0 unspecified atom stereocenters. The summed E-state index contributed by atoms with van der Waals surface area (Å²) >= 11 is 11.8. The van der Waals surface area contributed by atoms with Crippen LogP contribution in [-0.2, 0) is 11.3 Å².